The molecule has 1 atom stereocenters. The number of rotatable bonds is 5. The summed E-state index contributed by atoms with van der Waals surface area (Å²) in [5.74, 6) is 1.44. The van der Waals surface area contributed by atoms with Gasteiger partial charge in [-0.15, -0.1) is 0 Å². The second kappa shape index (κ2) is 7.57. The number of hydrogen-bond donors (Lipinski definition) is 1. The number of carbonyl (C=O) groups is 1. The van der Waals surface area contributed by atoms with E-state index in [0.717, 1.165) is 38.2 Å². The van der Waals surface area contributed by atoms with Crippen LogP contribution in [0.5, 0.6) is 0 Å². The first-order chi connectivity index (χ1) is 11.7. The van der Waals surface area contributed by atoms with Gasteiger partial charge in [-0.1, -0.05) is 30.3 Å². The summed E-state index contributed by atoms with van der Waals surface area (Å²) >= 11 is 0. The first-order valence-corrected chi connectivity index (χ1v) is 8.59. The molecular formula is C18H24N4O2. The van der Waals surface area contributed by atoms with Crippen LogP contribution in [0.25, 0.3) is 0 Å². The summed E-state index contributed by atoms with van der Waals surface area (Å²) in [6.07, 6.45) is 2.64. The molecule has 6 nitrogen and oxygen atoms in total. The maximum atomic E-state index is 12.2. The molecular weight excluding hydrogens is 304 g/mol. The topological polar surface area (TPSA) is 71.3 Å². The molecule has 1 aliphatic heterocycles. The fraction of sp³-hybridized carbons (Fsp3) is 0.500. The van der Waals surface area contributed by atoms with Gasteiger partial charge in [0.05, 0.1) is 6.04 Å². The molecule has 24 heavy (non-hydrogen) atoms. The molecule has 1 amide bonds. The third-order valence-electron chi connectivity index (χ3n) is 4.61. The Balaban J connectivity index is 1.51. The normalized spacial score (nSPS) is 17.6. The summed E-state index contributed by atoms with van der Waals surface area (Å²) < 4.78 is 5.35. The molecule has 2 aromatic rings. The minimum atomic E-state index is 0.00610. The van der Waals surface area contributed by atoms with Crippen molar-refractivity contribution in [3.05, 3.63) is 47.6 Å². The van der Waals surface area contributed by atoms with E-state index in [1.165, 1.54) is 0 Å². The highest BCUT2D eigenvalue weighted by molar-refractivity contribution is 5.94. The van der Waals surface area contributed by atoms with Crippen LogP contribution in [0.2, 0.25) is 0 Å². The van der Waals surface area contributed by atoms with E-state index in [0.29, 0.717) is 11.5 Å². The molecule has 1 N–H and O–H groups in total. The Labute approximate surface area is 142 Å². The van der Waals surface area contributed by atoms with Crippen molar-refractivity contribution in [2.24, 2.45) is 0 Å². The number of likely N-dealkylation sites (tertiary alicyclic amines) is 1. The van der Waals surface area contributed by atoms with Crippen LogP contribution in [0.1, 0.15) is 54.8 Å². The lowest BCUT2D eigenvalue weighted by molar-refractivity contribution is 0.0881. The number of benzene rings is 1. The Morgan fingerprint density at radius 1 is 1.33 bits per heavy atom. The average molecular weight is 328 g/mol. The van der Waals surface area contributed by atoms with Gasteiger partial charge in [0.15, 0.2) is 5.82 Å². The molecule has 0 bridgehead atoms. The van der Waals surface area contributed by atoms with Gasteiger partial charge in [0.25, 0.3) is 5.91 Å². The van der Waals surface area contributed by atoms with Crippen molar-refractivity contribution in [1.82, 2.24) is 20.4 Å². The third kappa shape index (κ3) is 3.82. The van der Waals surface area contributed by atoms with Gasteiger partial charge in [-0.25, -0.2) is 0 Å². The molecule has 6 heteroatoms. The highest BCUT2D eigenvalue weighted by Gasteiger charge is 2.27. The lowest BCUT2D eigenvalue weighted by Gasteiger charge is -2.34. The summed E-state index contributed by atoms with van der Waals surface area (Å²) in [5, 5.41) is 7.10. The molecule has 0 aliphatic carbocycles. The fourth-order valence-corrected chi connectivity index (χ4v) is 3.03. The lowest BCUT2D eigenvalue weighted by atomic mass is 10.0. The SMILES string of the molecule is CCc1noc([C@@H](C)N2CCC(NC(=O)c3ccccc3)CC2)n1. The number of aryl methyl sites for hydroxylation is 1. The summed E-state index contributed by atoms with van der Waals surface area (Å²) in [7, 11) is 0. The van der Waals surface area contributed by atoms with Gasteiger partial charge in [0, 0.05) is 31.1 Å². The molecule has 1 fully saturated rings. The zero-order chi connectivity index (χ0) is 16.9. The molecule has 1 saturated heterocycles. The van der Waals surface area contributed by atoms with E-state index in [1.54, 1.807) is 0 Å². The second-order valence-corrected chi connectivity index (χ2v) is 6.23. The monoisotopic (exact) mass is 328 g/mol. The lowest BCUT2D eigenvalue weighted by Crippen LogP contribution is -2.45. The Morgan fingerprint density at radius 2 is 2.04 bits per heavy atom. The van der Waals surface area contributed by atoms with E-state index in [9.17, 15) is 4.79 Å². The molecule has 3 rings (SSSR count). The average Bonchev–Trinajstić information content (AvgIpc) is 3.11. The number of piperidine rings is 1. The van der Waals surface area contributed by atoms with E-state index in [2.05, 4.69) is 27.3 Å². The first kappa shape index (κ1) is 16.6. The molecule has 0 radical (unpaired) electrons. The third-order valence-corrected chi connectivity index (χ3v) is 4.61. The van der Waals surface area contributed by atoms with Gasteiger partial charge in [0.1, 0.15) is 0 Å². The van der Waals surface area contributed by atoms with Gasteiger partial charge >= 0.3 is 0 Å². The van der Waals surface area contributed by atoms with Crippen molar-refractivity contribution in [3.63, 3.8) is 0 Å². The molecule has 128 valence electrons. The van der Waals surface area contributed by atoms with Crippen LogP contribution in [-0.4, -0.2) is 40.1 Å². The number of aromatic nitrogens is 2. The van der Waals surface area contributed by atoms with Crippen LogP contribution >= 0.6 is 0 Å². The zero-order valence-corrected chi connectivity index (χ0v) is 14.2. The molecule has 1 aromatic carbocycles. The molecule has 0 spiro atoms. The van der Waals surface area contributed by atoms with Crippen LogP contribution in [0.4, 0.5) is 0 Å². The summed E-state index contributed by atoms with van der Waals surface area (Å²) in [4.78, 5) is 19.0. The highest BCUT2D eigenvalue weighted by Crippen LogP contribution is 2.23. The maximum absolute atomic E-state index is 12.2. The standard InChI is InChI=1S/C18H24N4O2/c1-3-16-20-18(24-21-16)13(2)22-11-9-15(10-12-22)19-17(23)14-7-5-4-6-8-14/h4-8,13,15H,3,9-12H2,1-2H3,(H,19,23)/t13-/m1/s1. The van der Waals surface area contributed by atoms with E-state index in [1.807, 2.05) is 37.3 Å². The van der Waals surface area contributed by atoms with Gasteiger partial charge < -0.3 is 9.84 Å². The Morgan fingerprint density at radius 3 is 2.67 bits per heavy atom. The van der Waals surface area contributed by atoms with E-state index in [4.69, 9.17) is 4.52 Å². The van der Waals surface area contributed by atoms with Gasteiger partial charge in [0.2, 0.25) is 5.89 Å². The second-order valence-electron chi connectivity index (χ2n) is 6.23. The smallest absolute Gasteiger partial charge is 0.251 e. The van der Waals surface area contributed by atoms with Gasteiger partial charge in [-0.3, -0.25) is 9.69 Å². The predicted octanol–water partition coefficient (Wildman–Crippen LogP) is 2.59. The van der Waals surface area contributed by atoms with Gasteiger partial charge in [-0.2, -0.15) is 4.98 Å². The highest BCUT2D eigenvalue weighted by atomic mass is 16.5. The van der Waals surface area contributed by atoms with E-state index < -0.39 is 0 Å². The van der Waals surface area contributed by atoms with E-state index >= 15 is 0 Å². The number of nitrogens with zero attached hydrogens (tertiary/aromatic N) is 3. The zero-order valence-electron chi connectivity index (χ0n) is 14.2. The van der Waals surface area contributed by atoms with Crippen LogP contribution < -0.4 is 5.32 Å². The maximum Gasteiger partial charge on any atom is 0.251 e. The molecule has 0 unspecified atom stereocenters. The fourth-order valence-electron chi connectivity index (χ4n) is 3.03. The number of amides is 1. The largest absolute Gasteiger partial charge is 0.349 e. The van der Waals surface area contributed by atoms with Crippen molar-refractivity contribution < 1.29 is 9.32 Å². The number of carbonyl (C=O) groups excluding carboxylic acids is 1. The quantitative estimate of drug-likeness (QED) is 0.913. The van der Waals surface area contributed by atoms with Crippen molar-refractivity contribution in [2.45, 2.75) is 45.2 Å². The Hall–Kier alpha value is -2.21. The Kier molecular flexibility index (Phi) is 5.25. The first-order valence-electron chi connectivity index (χ1n) is 8.59. The van der Waals surface area contributed by atoms with Gasteiger partial charge in [-0.05, 0) is 31.9 Å². The molecule has 1 aromatic heterocycles. The van der Waals surface area contributed by atoms with Crippen LogP contribution in [0.15, 0.2) is 34.9 Å². The number of nitrogens with one attached hydrogen (secondary N) is 1. The summed E-state index contributed by atoms with van der Waals surface area (Å²) in [6.45, 7) is 5.92. The van der Waals surface area contributed by atoms with Crippen molar-refractivity contribution in [1.29, 1.82) is 0 Å². The van der Waals surface area contributed by atoms with Crippen LogP contribution in [0, 0.1) is 0 Å². The van der Waals surface area contributed by atoms with Crippen LogP contribution in [-0.2, 0) is 6.42 Å². The molecule has 2 heterocycles. The van der Waals surface area contributed by atoms with E-state index in [-0.39, 0.29) is 18.0 Å². The van der Waals surface area contributed by atoms with Crippen LogP contribution in [0.3, 0.4) is 0 Å². The summed E-state index contributed by atoms with van der Waals surface area (Å²) in [5.41, 5.74) is 0.714. The number of hydrogen-bond acceptors (Lipinski definition) is 5. The van der Waals surface area contributed by atoms with Crippen molar-refractivity contribution >= 4 is 5.91 Å². The minimum absolute atomic E-state index is 0.00610. The summed E-state index contributed by atoms with van der Waals surface area (Å²) in [6, 6.07) is 9.69. The minimum Gasteiger partial charge on any atom is -0.349 e. The predicted molar refractivity (Wildman–Crippen MR) is 90.6 cm³/mol. The van der Waals surface area contributed by atoms with Crippen molar-refractivity contribution in [2.75, 3.05) is 13.1 Å². The molecule has 1 aliphatic rings. The van der Waals surface area contributed by atoms with Crippen molar-refractivity contribution in [3.8, 4) is 0 Å². The Bertz CT molecular complexity index is 663. The molecule has 0 saturated carbocycles.